The molecule has 0 unspecified atom stereocenters. The zero-order valence-corrected chi connectivity index (χ0v) is 27.0. The molecule has 4 nitrogen and oxygen atoms in total. The summed E-state index contributed by atoms with van der Waals surface area (Å²) < 4.78 is 11.9. The van der Waals surface area contributed by atoms with Gasteiger partial charge in [0.05, 0.1) is 11.2 Å². The van der Waals surface area contributed by atoms with Gasteiger partial charge in [-0.15, -0.1) is 42.0 Å². The molecule has 0 spiro atoms. The number of para-hydroxylation sites is 2. The molecule has 9 aromatic rings. The molecule has 0 bridgehead atoms. The first kappa shape index (κ1) is 29.4. The molecule has 4 heterocycles. The monoisotopic (exact) mass is 771 g/mol. The molecule has 4 aromatic heterocycles. The zero-order chi connectivity index (χ0) is 30.0. The SMILES string of the molecule is [Ir].[c-]1cc2oc3ccccc3c2cc1-c1cc(Cc2ccccc2)ccn1.[c-]1ccc2c(oc3ccccc32)c1-c1ccccn1. The number of furan rings is 2. The zero-order valence-electron chi connectivity index (χ0n) is 24.6. The minimum Gasteiger partial charge on any atom is -0.501 e. The van der Waals surface area contributed by atoms with Crippen molar-refractivity contribution in [2.24, 2.45) is 0 Å². The van der Waals surface area contributed by atoms with E-state index in [2.05, 4.69) is 76.7 Å². The van der Waals surface area contributed by atoms with Crippen molar-refractivity contribution in [3.05, 3.63) is 169 Å². The second-order valence-corrected chi connectivity index (χ2v) is 10.8. The summed E-state index contributed by atoms with van der Waals surface area (Å²) in [6, 6.07) is 51.3. The summed E-state index contributed by atoms with van der Waals surface area (Å²) >= 11 is 0. The predicted molar refractivity (Wildman–Crippen MR) is 181 cm³/mol. The number of benzene rings is 5. The molecule has 9 rings (SSSR count). The third-order valence-corrected chi connectivity index (χ3v) is 7.92. The summed E-state index contributed by atoms with van der Waals surface area (Å²) in [6.45, 7) is 0. The number of hydrogen-bond acceptors (Lipinski definition) is 4. The topological polar surface area (TPSA) is 52.1 Å². The van der Waals surface area contributed by atoms with Crippen molar-refractivity contribution < 1.29 is 28.9 Å². The molecular formula is C41H26IrN2O2-2. The van der Waals surface area contributed by atoms with Crippen molar-refractivity contribution in [2.45, 2.75) is 6.42 Å². The van der Waals surface area contributed by atoms with Crippen LogP contribution in [0.15, 0.2) is 155 Å². The van der Waals surface area contributed by atoms with Crippen LogP contribution in [0.25, 0.3) is 66.4 Å². The van der Waals surface area contributed by atoms with Gasteiger partial charge in [0.2, 0.25) is 0 Å². The minimum absolute atomic E-state index is 0. The normalized spacial score (nSPS) is 11.0. The third kappa shape index (κ3) is 5.75. The van der Waals surface area contributed by atoms with E-state index in [1.807, 2.05) is 85.1 Å². The summed E-state index contributed by atoms with van der Waals surface area (Å²) in [5, 5.41) is 4.46. The van der Waals surface area contributed by atoms with Crippen LogP contribution in [-0.4, -0.2) is 9.97 Å². The second-order valence-electron chi connectivity index (χ2n) is 10.8. The maximum atomic E-state index is 5.97. The summed E-state index contributed by atoms with van der Waals surface area (Å²) in [7, 11) is 0. The smallest absolute Gasteiger partial charge is 0.120 e. The Labute approximate surface area is 279 Å². The Morgan fingerprint density at radius 2 is 1.24 bits per heavy atom. The minimum atomic E-state index is 0. The maximum Gasteiger partial charge on any atom is 0.120 e. The molecule has 0 N–H and O–H groups in total. The van der Waals surface area contributed by atoms with Crippen molar-refractivity contribution in [3.8, 4) is 22.5 Å². The fraction of sp³-hybridized carbons (Fsp3) is 0.0244. The maximum absolute atomic E-state index is 5.97. The molecule has 46 heavy (non-hydrogen) atoms. The second kappa shape index (κ2) is 12.9. The standard InChI is InChI=1S/C24H16NO.C17H10NO.Ir/c1-2-6-17(7-3-1)14-18-12-13-25-22(15-18)19-10-11-24-21(16-19)20-8-4-5-9-23(20)26-24;1-2-10-16-12(6-1)13-7-5-8-14(17(13)19-16)15-9-3-4-11-18-15;/h1-9,11-13,15-16H,14H2;1-7,9-11H;/q2*-1;. The molecule has 5 heteroatoms. The number of hydrogen-bond donors (Lipinski definition) is 0. The van der Waals surface area contributed by atoms with Crippen molar-refractivity contribution in [3.63, 3.8) is 0 Å². The predicted octanol–water partition coefficient (Wildman–Crippen LogP) is 10.5. The fourth-order valence-electron chi connectivity index (χ4n) is 5.77. The van der Waals surface area contributed by atoms with E-state index in [9.17, 15) is 0 Å². The molecule has 223 valence electrons. The van der Waals surface area contributed by atoms with Gasteiger partial charge < -0.3 is 18.8 Å². The van der Waals surface area contributed by atoms with Crippen LogP contribution in [0, 0.1) is 12.1 Å². The molecule has 0 saturated carbocycles. The van der Waals surface area contributed by atoms with E-state index in [-0.39, 0.29) is 20.1 Å². The molecule has 0 fully saturated rings. The van der Waals surface area contributed by atoms with Gasteiger partial charge in [0.1, 0.15) is 11.2 Å². The number of fused-ring (bicyclic) bond motifs is 6. The number of rotatable bonds is 4. The molecule has 0 atom stereocenters. The van der Waals surface area contributed by atoms with E-state index >= 15 is 0 Å². The van der Waals surface area contributed by atoms with Gasteiger partial charge >= 0.3 is 0 Å². The van der Waals surface area contributed by atoms with Crippen LogP contribution < -0.4 is 0 Å². The van der Waals surface area contributed by atoms with Crippen molar-refractivity contribution in [1.29, 1.82) is 0 Å². The van der Waals surface area contributed by atoms with Crippen LogP contribution in [0.5, 0.6) is 0 Å². The van der Waals surface area contributed by atoms with Gasteiger partial charge in [-0.05, 0) is 53.2 Å². The number of aromatic nitrogens is 2. The summed E-state index contributed by atoms with van der Waals surface area (Å²) in [4.78, 5) is 8.94. The van der Waals surface area contributed by atoms with Gasteiger partial charge in [0.25, 0.3) is 0 Å². The molecule has 0 aliphatic heterocycles. The Morgan fingerprint density at radius 1 is 0.522 bits per heavy atom. The Kier molecular flexibility index (Phi) is 8.26. The van der Waals surface area contributed by atoms with Crippen molar-refractivity contribution in [2.75, 3.05) is 0 Å². The Morgan fingerprint density at radius 3 is 2.04 bits per heavy atom. The summed E-state index contributed by atoms with van der Waals surface area (Å²) in [5.41, 5.74) is 9.76. The van der Waals surface area contributed by atoms with E-state index in [1.165, 1.54) is 11.1 Å². The van der Waals surface area contributed by atoms with Crippen LogP contribution in [0.3, 0.4) is 0 Å². The molecule has 0 aliphatic rings. The quantitative estimate of drug-likeness (QED) is 0.167. The van der Waals surface area contributed by atoms with E-state index in [0.29, 0.717) is 0 Å². The van der Waals surface area contributed by atoms with E-state index in [4.69, 9.17) is 8.83 Å². The van der Waals surface area contributed by atoms with Crippen molar-refractivity contribution in [1.82, 2.24) is 9.97 Å². The van der Waals surface area contributed by atoms with E-state index < -0.39 is 0 Å². The summed E-state index contributed by atoms with van der Waals surface area (Å²) in [5.74, 6) is 0. The van der Waals surface area contributed by atoms with Crippen LogP contribution in [0.2, 0.25) is 0 Å². The van der Waals surface area contributed by atoms with Gasteiger partial charge in [-0.1, -0.05) is 101 Å². The van der Waals surface area contributed by atoms with Crippen molar-refractivity contribution >= 4 is 43.9 Å². The number of pyridine rings is 2. The largest absolute Gasteiger partial charge is 0.501 e. The Hall–Kier alpha value is -5.35. The van der Waals surface area contributed by atoms with E-state index in [0.717, 1.165) is 72.8 Å². The van der Waals surface area contributed by atoms with E-state index in [1.54, 1.807) is 6.20 Å². The van der Waals surface area contributed by atoms with Gasteiger partial charge in [0, 0.05) is 43.3 Å². The first-order valence-electron chi connectivity index (χ1n) is 14.9. The number of nitrogens with zero attached hydrogens (tertiary/aromatic N) is 2. The Balaban J connectivity index is 0.000000150. The van der Waals surface area contributed by atoms with Crippen LogP contribution in [-0.2, 0) is 26.5 Å². The first-order valence-corrected chi connectivity index (χ1v) is 14.9. The average molecular weight is 771 g/mol. The molecule has 1 radical (unpaired) electrons. The van der Waals surface area contributed by atoms with Crippen LogP contribution in [0.4, 0.5) is 0 Å². The van der Waals surface area contributed by atoms with Crippen LogP contribution in [0.1, 0.15) is 11.1 Å². The van der Waals surface area contributed by atoms with Crippen LogP contribution >= 0.6 is 0 Å². The third-order valence-electron chi connectivity index (χ3n) is 7.92. The fourth-order valence-corrected chi connectivity index (χ4v) is 5.77. The van der Waals surface area contributed by atoms with Gasteiger partial charge in [-0.3, -0.25) is 0 Å². The molecule has 0 amide bonds. The Bertz CT molecular complexity index is 2410. The molecule has 0 aliphatic carbocycles. The molecular weight excluding hydrogens is 745 g/mol. The van der Waals surface area contributed by atoms with Gasteiger partial charge in [-0.25, -0.2) is 0 Å². The summed E-state index contributed by atoms with van der Waals surface area (Å²) in [6.07, 6.45) is 4.55. The molecule has 0 saturated heterocycles. The first-order chi connectivity index (χ1) is 22.3. The van der Waals surface area contributed by atoms with Gasteiger partial charge in [-0.2, -0.15) is 0 Å². The van der Waals surface area contributed by atoms with Gasteiger partial charge in [0.15, 0.2) is 0 Å². The molecule has 5 aromatic carbocycles. The average Bonchev–Trinajstić information content (AvgIpc) is 3.68.